The molecule has 108 valence electrons. The highest BCUT2D eigenvalue weighted by Crippen LogP contribution is 2.13. The fourth-order valence-electron chi connectivity index (χ4n) is 1.28. The molecule has 2 heterocycles. The van der Waals surface area contributed by atoms with Gasteiger partial charge in [-0.15, -0.1) is 5.10 Å². The molecular weight excluding hydrogens is 292 g/mol. The number of hydrogen-bond acceptors (Lipinski definition) is 7. The van der Waals surface area contributed by atoms with Gasteiger partial charge in [0.25, 0.3) is 10.0 Å². The minimum Gasteiger partial charge on any atom is -0.480 e. The fraction of sp³-hybridized carbons (Fsp3) is 0.250. The molecule has 0 aliphatic carbocycles. The van der Waals surface area contributed by atoms with Gasteiger partial charge in [-0.25, -0.2) is 18.2 Å². The monoisotopic (exact) mass is 302 g/mol. The van der Waals surface area contributed by atoms with Crippen LogP contribution in [0.3, 0.4) is 0 Å². The molecule has 0 spiro atoms. The number of nitrogens with zero attached hydrogens (tertiary/aromatic N) is 4. The van der Waals surface area contributed by atoms with Gasteiger partial charge in [0.2, 0.25) is 5.95 Å². The molecule has 2 rings (SSSR count). The minimum atomic E-state index is -3.94. The van der Waals surface area contributed by atoms with Crippen LogP contribution in [0.15, 0.2) is 17.3 Å². The summed E-state index contributed by atoms with van der Waals surface area (Å²) in [5.41, 5.74) is 0. The van der Waals surface area contributed by atoms with E-state index in [9.17, 15) is 13.2 Å². The lowest BCUT2D eigenvalue weighted by molar-refractivity contribution is -0.137. The summed E-state index contributed by atoms with van der Waals surface area (Å²) in [5, 5.41) is 18.1. The minimum absolute atomic E-state index is 0.0238. The number of nitrogens with one attached hydrogen (secondary N) is 2. The van der Waals surface area contributed by atoms with Gasteiger partial charge in [-0.3, -0.25) is 9.48 Å². The number of carboxylic acids is 1. The zero-order valence-electron chi connectivity index (χ0n) is 10.1. The van der Waals surface area contributed by atoms with Crippen LogP contribution in [0, 0.1) is 0 Å². The summed E-state index contributed by atoms with van der Waals surface area (Å²) in [6.45, 7) is -0.439. The second kappa shape index (κ2) is 5.16. The van der Waals surface area contributed by atoms with Crippen LogP contribution in [-0.2, 0) is 21.4 Å². The second-order valence-corrected chi connectivity index (χ2v) is 5.23. The summed E-state index contributed by atoms with van der Waals surface area (Å²) in [7, 11) is -2.61. The molecule has 2 aromatic heterocycles. The Labute approximate surface area is 112 Å². The number of aliphatic carboxylic acids is 1. The molecule has 0 saturated heterocycles. The Bertz CT molecular complexity index is 719. The predicted octanol–water partition coefficient (Wildman–Crippen LogP) is -1.10. The molecule has 0 fully saturated rings. The van der Waals surface area contributed by atoms with Crippen molar-refractivity contribution in [3.63, 3.8) is 0 Å². The molecule has 0 unspecified atom stereocenters. The Morgan fingerprint density at radius 3 is 2.95 bits per heavy atom. The normalized spacial score (nSPS) is 11.2. The summed E-state index contributed by atoms with van der Waals surface area (Å²) in [6.07, 6.45) is 2.11. The molecule has 0 amide bonds. The average Bonchev–Trinajstić information content (AvgIpc) is 2.97. The quantitative estimate of drug-likeness (QED) is 0.607. The van der Waals surface area contributed by atoms with Crippen LogP contribution < -0.4 is 9.46 Å². The molecule has 2 aromatic rings. The summed E-state index contributed by atoms with van der Waals surface area (Å²) >= 11 is 0. The van der Waals surface area contributed by atoms with Crippen molar-refractivity contribution in [2.24, 2.45) is 0 Å². The first-order chi connectivity index (χ1) is 9.40. The van der Waals surface area contributed by atoms with Crippen LogP contribution in [0.25, 0.3) is 0 Å². The van der Waals surface area contributed by atoms with Crippen LogP contribution in [0.2, 0.25) is 0 Å². The van der Waals surface area contributed by atoms with Crippen LogP contribution in [0.5, 0.6) is 6.01 Å². The lowest BCUT2D eigenvalue weighted by Gasteiger charge is -2.01. The van der Waals surface area contributed by atoms with Crippen molar-refractivity contribution in [3.05, 3.63) is 12.4 Å². The SMILES string of the molecule is COc1n[nH]c(NS(=O)(=O)c2cnn(CC(=O)O)c2)n1. The Morgan fingerprint density at radius 1 is 1.60 bits per heavy atom. The molecule has 0 saturated carbocycles. The van der Waals surface area contributed by atoms with Gasteiger partial charge < -0.3 is 9.84 Å². The lowest BCUT2D eigenvalue weighted by Crippen LogP contribution is -2.14. The van der Waals surface area contributed by atoms with Gasteiger partial charge in [-0.2, -0.15) is 10.1 Å². The summed E-state index contributed by atoms with van der Waals surface area (Å²) in [6, 6.07) is -0.0238. The molecule has 0 aliphatic rings. The number of sulfonamides is 1. The van der Waals surface area contributed by atoms with E-state index in [0.717, 1.165) is 17.1 Å². The van der Waals surface area contributed by atoms with Crippen molar-refractivity contribution in [3.8, 4) is 6.01 Å². The van der Waals surface area contributed by atoms with Crippen molar-refractivity contribution in [1.82, 2.24) is 25.0 Å². The molecule has 0 aliphatic heterocycles. The van der Waals surface area contributed by atoms with E-state index in [0.29, 0.717) is 0 Å². The van der Waals surface area contributed by atoms with Gasteiger partial charge in [0.1, 0.15) is 11.4 Å². The maximum Gasteiger partial charge on any atom is 0.336 e. The van der Waals surface area contributed by atoms with E-state index in [1.165, 1.54) is 7.11 Å². The van der Waals surface area contributed by atoms with Gasteiger partial charge in [-0.1, -0.05) is 0 Å². The van der Waals surface area contributed by atoms with Crippen molar-refractivity contribution >= 4 is 21.9 Å². The highest BCUT2D eigenvalue weighted by molar-refractivity contribution is 7.92. The van der Waals surface area contributed by atoms with Crippen LogP contribution in [0.1, 0.15) is 0 Å². The number of hydrogen-bond donors (Lipinski definition) is 3. The third-order valence-electron chi connectivity index (χ3n) is 2.10. The van der Waals surface area contributed by atoms with Gasteiger partial charge >= 0.3 is 12.0 Å². The Hall–Kier alpha value is -2.63. The number of carboxylic acid groups (broad SMARTS) is 1. The van der Waals surface area contributed by atoms with E-state index in [1.807, 2.05) is 0 Å². The van der Waals surface area contributed by atoms with E-state index in [-0.39, 0.29) is 16.9 Å². The molecule has 0 bridgehead atoms. The molecule has 0 radical (unpaired) electrons. The van der Waals surface area contributed by atoms with Gasteiger partial charge in [0.05, 0.1) is 13.3 Å². The highest BCUT2D eigenvalue weighted by atomic mass is 32.2. The third kappa shape index (κ3) is 3.03. The zero-order chi connectivity index (χ0) is 14.8. The zero-order valence-corrected chi connectivity index (χ0v) is 11.0. The van der Waals surface area contributed by atoms with Gasteiger partial charge in [0.15, 0.2) is 0 Å². The number of anilines is 1. The number of rotatable bonds is 6. The van der Waals surface area contributed by atoms with Crippen molar-refractivity contribution in [2.75, 3.05) is 11.8 Å². The number of aromatic nitrogens is 5. The van der Waals surface area contributed by atoms with E-state index < -0.39 is 22.5 Å². The topological polar surface area (TPSA) is 152 Å². The molecule has 20 heavy (non-hydrogen) atoms. The lowest BCUT2D eigenvalue weighted by atomic mass is 10.6. The fourth-order valence-corrected chi connectivity index (χ4v) is 2.19. The Morgan fingerprint density at radius 2 is 2.35 bits per heavy atom. The van der Waals surface area contributed by atoms with Crippen LogP contribution in [-0.4, -0.2) is 51.6 Å². The number of carbonyl (C=O) groups is 1. The van der Waals surface area contributed by atoms with E-state index in [2.05, 4.69) is 25.0 Å². The molecule has 11 nitrogen and oxygen atoms in total. The number of aromatic amines is 1. The van der Waals surface area contributed by atoms with Gasteiger partial charge in [-0.05, 0) is 0 Å². The highest BCUT2D eigenvalue weighted by Gasteiger charge is 2.19. The molecule has 12 heteroatoms. The Balaban J connectivity index is 2.17. The maximum atomic E-state index is 12.0. The largest absolute Gasteiger partial charge is 0.480 e. The molecule has 0 aromatic carbocycles. The standard InChI is InChI=1S/C8H10N6O5S/c1-19-8-10-7(11-12-8)13-20(17,18)5-2-9-14(3-5)4-6(15)16/h2-3H,4H2,1H3,(H,15,16)(H2,10,11,12,13). The second-order valence-electron chi connectivity index (χ2n) is 3.54. The smallest absolute Gasteiger partial charge is 0.336 e. The third-order valence-corrected chi connectivity index (χ3v) is 3.39. The number of methoxy groups -OCH3 is 1. The average molecular weight is 302 g/mol. The molecule has 3 N–H and O–H groups in total. The van der Waals surface area contributed by atoms with Crippen LogP contribution in [0.4, 0.5) is 5.95 Å². The first kappa shape index (κ1) is 13.8. The van der Waals surface area contributed by atoms with E-state index >= 15 is 0 Å². The van der Waals surface area contributed by atoms with Crippen molar-refractivity contribution < 1.29 is 23.1 Å². The predicted molar refractivity (Wildman–Crippen MR) is 63.6 cm³/mol. The molecular formula is C8H10N6O5S. The Kier molecular flexibility index (Phi) is 3.56. The van der Waals surface area contributed by atoms with Crippen molar-refractivity contribution in [2.45, 2.75) is 11.4 Å². The maximum absolute atomic E-state index is 12.0. The molecule has 0 atom stereocenters. The van der Waals surface area contributed by atoms with Gasteiger partial charge in [0, 0.05) is 6.20 Å². The summed E-state index contributed by atoms with van der Waals surface area (Å²) in [4.78, 5) is 14.0. The van der Waals surface area contributed by atoms with E-state index in [4.69, 9.17) is 9.84 Å². The van der Waals surface area contributed by atoms with Crippen molar-refractivity contribution in [1.29, 1.82) is 0 Å². The number of H-pyrrole nitrogens is 1. The first-order valence-electron chi connectivity index (χ1n) is 5.14. The summed E-state index contributed by atoms with van der Waals surface area (Å²) in [5.74, 6) is -1.27. The van der Waals surface area contributed by atoms with E-state index in [1.54, 1.807) is 0 Å². The summed E-state index contributed by atoms with van der Waals surface area (Å²) < 4.78 is 31.7. The van der Waals surface area contributed by atoms with Crippen LogP contribution >= 0.6 is 0 Å². The first-order valence-corrected chi connectivity index (χ1v) is 6.62. The number of ether oxygens (including phenoxy) is 1.